The Hall–Kier alpha value is -2.77. The van der Waals surface area contributed by atoms with Crippen molar-refractivity contribution in [3.63, 3.8) is 0 Å². The summed E-state index contributed by atoms with van der Waals surface area (Å²) in [5.41, 5.74) is 0.179. The van der Waals surface area contributed by atoms with Crippen LogP contribution >= 0.6 is 0 Å². The number of hydrogen-bond acceptors (Lipinski definition) is 3. The van der Waals surface area contributed by atoms with E-state index < -0.39 is 17.2 Å². The first-order valence-electron chi connectivity index (χ1n) is 11.4. The summed E-state index contributed by atoms with van der Waals surface area (Å²) in [5.74, 6) is -0.733. The molecule has 1 N–H and O–H groups in total. The number of nitrogens with zero attached hydrogens (tertiary/aromatic N) is 3. The third-order valence-electron chi connectivity index (χ3n) is 6.66. The molecule has 0 aliphatic carbocycles. The largest absolute Gasteiger partial charge is 0.393 e. The number of rotatable bonds is 5. The first-order chi connectivity index (χ1) is 15.8. The topological polar surface area (TPSA) is 47.0 Å². The van der Waals surface area contributed by atoms with Gasteiger partial charge in [-0.25, -0.2) is 13.6 Å². The summed E-state index contributed by atoms with van der Waals surface area (Å²) in [4.78, 5) is 19.4. The lowest BCUT2D eigenvalue weighted by Gasteiger charge is -2.42. The fourth-order valence-electron chi connectivity index (χ4n) is 5.13. The number of halogens is 2. The Labute approximate surface area is 193 Å². The van der Waals surface area contributed by atoms with Gasteiger partial charge in [-0.05, 0) is 68.3 Å². The van der Waals surface area contributed by atoms with Gasteiger partial charge in [-0.1, -0.05) is 30.3 Å². The molecular weight excluding hydrogens is 424 g/mol. The van der Waals surface area contributed by atoms with Crippen molar-refractivity contribution in [1.29, 1.82) is 0 Å². The van der Waals surface area contributed by atoms with Gasteiger partial charge in [0.05, 0.1) is 6.61 Å². The lowest BCUT2D eigenvalue weighted by molar-refractivity contribution is 0.0700. The maximum absolute atomic E-state index is 14.6. The minimum Gasteiger partial charge on any atom is -0.393 e. The molecule has 0 aromatic heterocycles. The standard InChI is InChI=1S/C26H31F2N3O2/c1-29(2)15-19-7-6-12-30(16-19)25(33)31-17-20(23-13-22(27)10-11-24(23)28)14-26(31,18-32)21-8-4-3-5-9-21/h3-5,8-11,13-14,19,32H,6-7,12,15-18H2,1-2H3. The van der Waals surface area contributed by atoms with Crippen LogP contribution in [0.25, 0.3) is 5.57 Å². The molecule has 2 heterocycles. The van der Waals surface area contributed by atoms with Gasteiger partial charge in [0.15, 0.2) is 0 Å². The molecule has 1 fully saturated rings. The molecule has 1 saturated heterocycles. The highest BCUT2D eigenvalue weighted by Gasteiger charge is 2.46. The molecule has 7 heteroatoms. The molecule has 4 rings (SSSR count). The maximum Gasteiger partial charge on any atom is 0.321 e. The van der Waals surface area contributed by atoms with Gasteiger partial charge in [-0.3, -0.25) is 0 Å². The van der Waals surface area contributed by atoms with Crippen LogP contribution in [0, 0.1) is 17.6 Å². The molecule has 33 heavy (non-hydrogen) atoms. The van der Waals surface area contributed by atoms with E-state index in [2.05, 4.69) is 4.90 Å². The Morgan fingerprint density at radius 1 is 1.18 bits per heavy atom. The number of piperidine rings is 1. The van der Waals surface area contributed by atoms with Crippen molar-refractivity contribution in [1.82, 2.24) is 14.7 Å². The van der Waals surface area contributed by atoms with Crippen LogP contribution in [0.2, 0.25) is 0 Å². The predicted molar refractivity (Wildman–Crippen MR) is 124 cm³/mol. The predicted octanol–water partition coefficient (Wildman–Crippen LogP) is 3.95. The molecule has 2 aromatic rings. The van der Waals surface area contributed by atoms with Crippen molar-refractivity contribution in [2.75, 3.05) is 46.9 Å². The Balaban J connectivity index is 1.72. The van der Waals surface area contributed by atoms with E-state index in [1.165, 1.54) is 0 Å². The number of likely N-dealkylation sites (tertiary alicyclic amines) is 1. The summed E-state index contributed by atoms with van der Waals surface area (Å²) in [6.07, 6.45) is 3.69. The highest BCUT2D eigenvalue weighted by molar-refractivity contribution is 5.83. The summed E-state index contributed by atoms with van der Waals surface area (Å²) in [7, 11) is 4.05. The third kappa shape index (κ3) is 4.66. The van der Waals surface area contributed by atoms with E-state index in [1.54, 1.807) is 11.0 Å². The Bertz CT molecular complexity index is 1030. The van der Waals surface area contributed by atoms with Crippen molar-refractivity contribution in [2.24, 2.45) is 5.92 Å². The molecule has 2 aromatic carbocycles. The van der Waals surface area contributed by atoms with Gasteiger partial charge in [-0.15, -0.1) is 0 Å². The molecule has 0 saturated carbocycles. The van der Waals surface area contributed by atoms with Crippen LogP contribution in [0.15, 0.2) is 54.6 Å². The number of benzene rings is 2. The third-order valence-corrected chi connectivity index (χ3v) is 6.66. The van der Waals surface area contributed by atoms with Crippen molar-refractivity contribution >= 4 is 11.6 Å². The second-order valence-corrected chi connectivity index (χ2v) is 9.33. The Kier molecular flexibility index (Phi) is 6.81. The molecule has 0 bridgehead atoms. The molecule has 2 aliphatic heterocycles. The highest BCUT2D eigenvalue weighted by Crippen LogP contribution is 2.41. The second kappa shape index (κ2) is 9.61. The summed E-state index contributed by atoms with van der Waals surface area (Å²) in [6, 6.07) is 12.4. The zero-order chi connectivity index (χ0) is 23.6. The first-order valence-corrected chi connectivity index (χ1v) is 11.4. The van der Waals surface area contributed by atoms with Crippen LogP contribution in [0.1, 0.15) is 24.0 Å². The number of amides is 2. The fraction of sp³-hybridized carbons (Fsp3) is 0.423. The zero-order valence-electron chi connectivity index (χ0n) is 19.2. The lowest BCUT2D eigenvalue weighted by Crippen LogP contribution is -2.55. The average Bonchev–Trinajstić information content (AvgIpc) is 3.21. The van der Waals surface area contributed by atoms with E-state index in [0.29, 0.717) is 24.6 Å². The molecule has 2 unspecified atom stereocenters. The molecule has 0 spiro atoms. The van der Waals surface area contributed by atoms with E-state index in [0.717, 1.165) is 43.1 Å². The van der Waals surface area contributed by atoms with Crippen LogP contribution in [-0.2, 0) is 5.54 Å². The Morgan fingerprint density at radius 2 is 1.94 bits per heavy atom. The SMILES string of the molecule is CN(C)CC1CCCN(C(=O)N2CC(c3cc(F)ccc3F)=CC2(CO)c2ccccc2)C1. The van der Waals surface area contributed by atoms with Gasteiger partial charge in [0.1, 0.15) is 17.2 Å². The quantitative estimate of drug-likeness (QED) is 0.743. The molecule has 5 nitrogen and oxygen atoms in total. The average molecular weight is 456 g/mol. The minimum absolute atomic E-state index is 0.0868. The number of urea groups is 1. The van der Waals surface area contributed by atoms with Crippen molar-refractivity contribution in [3.05, 3.63) is 77.4 Å². The Morgan fingerprint density at radius 3 is 2.64 bits per heavy atom. The molecule has 2 aliphatic rings. The van der Waals surface area contributed by atoms with Gasteiger partial charge in [-0.2, -0.15) is 0 Å². The van der Waals surface area contributed by atoms with Crippen molar-refractivity contribution in [3.8, 4) is 0 Å². The van der Waals surface area contributed by atoms with E-state index in [-0.39, 0.29) is 24.7 Å². The normalized spacial score (nSPS) is 23.2. The minimum atomic E-state index is -1.15. The summed E-state index contributed by atoms with van der Waals surface area (Å²) in [5, 5.41) is 10.6. The van der Waals surface area contributed by atoms with Gasteiger partial charge >= 0.3 is 6.03 Å². The van der Waals surface area contributed by atoms with E-state index in [4.69, 9.17) is 0 Å². The maximum atomic E-state index is 14.6. The number of carbonyl (C=O) groups is 1. The first kappa shape index (κ1) is 23.4. The lowest BCUT2D eigenvalue weighted by atomic mass is 9.89. The molecule has 176 valence electrons. The van der Waals surface area contributed by atoms with Gasteiger partial charge < -0.3 is 19.8 Å². The molecule has 2 amide bonds. The van der Waals surface area contributed by atoms with Crippen molar-refractivity contribution < 1.29 is 18.7 Å². The molecule has 0 radical (unpaired) electrons. The van der Waals surface area contributed by atoms with Crippen molar-refractivity contribution in [2.45, 2.75) is 18.4 Å². The number of aliphatic hydroxyl groups is 1. The highest BCUT2D eigenvalue weighted by atomic mass is 19.1. The van der Waals surface area contributed by atoms with Crippen LogP contribution in [0.4, 0.5) is 13.6 Å². The smallest absolute Gasteiger partial charge is 0.321 e. The summed E-state index contributed by atoms with van der Waals surface area (Å²) >= 11 is 0. The van der Waals surface area contributed by atoms with Crippen LogP contribution in [0.5, 0.6) is 0 Å². The van der Waals surface area contributed by atoms with E-state index in [1.807, 2.05) is 49.3 Å². The molecule has 2 atom stereocenters. The summed E-state index contributed by atoms with van der Waals surface area (Å²) < 4.78 is 28.6. The monoisotopic (exact) mass is 455 g/mol. The van der Waals surface area contributed by atoms with Gasteiger partial charge in [0.2, 0.25) is 0 Å². The van der Waals surface area contributed by atoms with Gasteiger partial charge in [0.25, 0.3) is 0 Å². The van der Waals surface area contributed by atoms with Crippen LogP contribution in [0.3, 0.4) is 0 Å². The van der Waals surface area contributed by atoms with Crippen LogP contribution in [-0.4, -0.2) is 72.7 Å². The van der Waals surface area contributed by atoms with Gasteiger partial charge in [0, 0.05) is 31.7 Å². The number of carbonyl (C=O) groups excluding carboxylic acids is 1. The number of aliphatic hydroxyl groups excluding tert-OH is 1. The van der Waals surface area contributed by atoms with Crippen LogP contribution < -0.4 is 0 Å². The zero-order valence-corrected chi connectivity index (χ0v) is 19.2. The van der Waals surface area contributed by atoms with E-state index in [9.17, 15) is 18.7 Å². The fourth-order valence-corrected chi connectivity index (χ4v) is 5.13. The summed E-state index contributed by atoms with van der Waals surface area (Å²) in [6.45, 7) is 1.89. The number of hydrogen-bond donors (Lipinski definition) is 1. The second-order valence-electron chi connectivity index (χ2n) is 9.33. The molecular formula is C26H31F2N3O2. The van der Waals surface area contributed by atoms with E-state index >= 15 is 0 Å².